The maximum absolute atomic E-state index is 10.5. The molecule has 0 saturated carbocycles. The normalized spacial score (nSPS) is 11.8. The summed E-state index contributed by atoms with van der Waals surface area (Å²) >= 11 is 1.23. The fraction of sp³-hybridized carbons (Fsp3) is 0.500. The number of sulfonamides is 1. The number of primary sulfonamides is 1. The number of aryl methyl sites for hydroxylation is 1. The van der Waals surface area contributed by atoms with E-state index in [0.29, 0.717) is 5.01 Å². The van der Waals surface area contributed by atoms with Gasteiger partial charge < -0.3 is 0 Å². The van der Waals surface area contributed by atoms with E-state index in [1.807, 2.05) is 0 Å². The quantitative estimate of drug-likeness (QED) is 0.694. The van der Waals surface area contributed by atoms with Gasteiger partial charge in [0.2, 0.25) is 10.0 Å². The van der Waals surface area contributed by atoms with Gasteiger partial charge in [0.15, 0.2) is 0 Å². The van der Waals surface area contributed by atoms with Crippen molar-refractivity contribution in [1.29, 1.82) is 0 Å². The van der Waals surface area contributed by atoms with Crippen molar-refractivity contribution in [2.45, 2.75) is 12.7 Å². The molecule has 1 aromatic rings. The van der Waals surface area contributed by atoms with Crippen molar-refractivity contribution in [2.75, 3.05) is 0 Å². The molecule has 0 aliphatic heterocycles. The topological polar surface area (TPSA) is 85.9 Å². The molecule has 62 valence electrons. The average Bonchev–Trinajstić information content (AvgIpc) is 2.10. The molecular formula is C4H7N3O2S2. The zero-order chi connectivity index (χ0) is 8.48. The van der Waals surface area contributed by atoms with Crippen LogP contribution >= 0.6 is 11.3 Å². The van der Waals surface area contributed by atoms with Gasteiger partial charge in [-0.05, 0) is 6.92 Å². The number of hydrogen-bond acceptors (Lipinski definition) is 5. The summed E-state index contributed by atoms with van der Waals surface area (Å²) in [6.45, 7) is 1.75. The van der Waals surface area contributed by atoms with Gasteiger partial charge in [-0.2, -0.15) is 0 Å². The fourth-order valence-electron chi connectivity index (χ4n) is 0.568. The van der Waals surface area contributed by atoms with Gasteiger partial charge in [-0.3, -0.25) is 0 Å². The summed E-state index contributed by atoms with van der Waals surface area (Å²) in [5.41, 5.74) is 0. The summed E-state index contributed by atoms with van der Waals surface area (Å²) in [7, 11) is -3.46. The molecule has 0 spiro atoms. The van der Waals surface area contributed by atoms with Crippen molar-refractivity contribution in [3.8, 4) is 0 Å². The minimum Gasteiger partial charge on any atom is -0.228 e. The summed E-state index contributed by atoms with van der Waals surface area (Å²) in [6, 6.07) is 0. The lowest BCUT2D eigenvalue weighted by Gasteiger charge is -1.88. The zero-order valence-corrected chi connectivity index (χ0v) is 7.44. The van der Waals surface area contributed by atoms with Gasteiger partial charge in [0.1, 0.15) is 15.8 Å². The van der Waals surface area contributed by atoms with Crippen molar-refractivity contribution in [1.82, 2.24) is 10.2 Å². The summed E-state index contributed by atoms with van der Waals surface area (Å²) in [6.07, 6.45) is 0. The molecule has 0 atom stereocenters. The van der Waals surface area contributed by atoms with Gasteiger partial charge in [-0.15, -0.1) is 21.5 Å². The molecule has 11 heavy (non-hydrogen) atoms. The summed E-state index contributed by atoms with van der Waals surface area (Å²) < 4.78 is 21.1. The number of hydrogen-bond donors (Lipinski definition) is 1. The van der Waals surface area contributed by atoms with E-state index in [1.165, 1.54) is 11.3 Å². The molecule has 0 fully saturated rings. The van der Waals surface area contributed by atoms with Gasteiger partial charge in [-0.1, -0.05) is 0 Å². The molecule has 0 amide bonds. The van der Waals surface area contributed by atoms with E-state index < -0.39 is 10.0 Å². The Morgan fingerprint density at radius 3 is 2.55 bits per heavy atom. The Morgan fingerprint density at radius 1 is 1.55 bits per heavy atom. The zero-order valence-electron chi connectivity index (χ0n) is 5.81. The molecule has 5 nitrogen and oxygen atoms in total. The van der Waals surface area contributed by atoms with Crippen molar-refractivity contribution in [2.24, 2.45) is 5.14 Å². The molecule has 0 bridgehead atoms. The molecule has 2 N–H and O–H groups in total. The van der Waals surface area contributed by atoms with Crippen molar-refractivity contribution >= 4 is 21.4 Å². The Labute approximate surface area is 68.3 Å². The Bertz CT molecular complexity index is 342. The van der Waals surface area contributed by atoms with Gasteiger partial charge >= 0.3 is 0 Å². The molecule has 0 aliphatic carbocycles. The molecule has 7 heteroatoms. The summed E-state index contributed by atoms with van der Waals surface area (Å²) in [5, 5.41) is 13.2. The first kappa shape index (κ1) is 8.57. The Balaban J connectivity index is 2.81. The third-order valence-electron chi connectivity index (χ3n) is 0.893. The maximum atomic E-state index is 10.5. The van der Waals surface area contributed by atoms with Crippen LogP contribution in [0.3, 0.4) is 0 Å². The van der Waals surface area contributed by atoms with Gasteiger partial charge in [0.25, 0.3) is 0 Å². The predicted octanol–water partition coefficient (Wildman–Crippen LogP) is -0.365. The monoisotopic (exact) mass is 193 g/mol. The largest absolute Gasteiger partial charge is 0.228 e. The first-order valence-electron chi connectivity index (χ1n) is 2.77. The Morgan fingerprint density at radius 2 is 2.18 bits per heavy atom. The molecule has 0 aromatic carbocycles. The average molecular weight is 193 g/mol. The van der Waals surface area contributed by atoms with E-state index in [9.17, 15) is 8.42 Å². The summed E-state index contributed by atoms with van der Waals surface area (Å²) in [5.74, 6) is -0.224. The van der Waals surface area contributed by atoms with E-state index in [1.54, 1.807) is 6.92 Å². The highest BCUT2D eigenvalue weighted by Gasteiger charge is 2.08. The van der Waals surface area contributed by atoms with Crippen molar-refractivity contribution < 1.29 is 8.42 Å². The number of nitrogens with zero attached hydrogens (tertiary/aromatic N) is 2. The van der Waals surface area contributed by atoms with Crippen LogP contribution in [0.4, 0.5) is 0 Å². The highest BCUT2D eigenvalue weighted by atomic mass is 32.2. The van der Waals surface area contributed by atoms with Crippen LogP contribution in [0.25, 0.3) is 0 Å². The van der Waals surface area contributed by atoms with E-state index in [4.69, 9.17) is 5.14 Å². The lowest BCUT2D eigenvalue weighted by molar-refractivity contribution is 0.596. The minimum absolute atomic E-state index is 0.224. The van der Waals surface area contributed by atoms with Crippen LogP contribution in [0, 0.1) is 6.92 Å². The third-order valence-corrected chi connectivity index (χ3v) is 2.59. The maximum Gasteiger partial charge on any atom is 0.215 e. The Kier molecular flexibility index (Phi) is 2.21. The highest BCUT2D eigenvalue weighted by Crippen LogP contribution is 2.09. The van der Waals surface area contributed by atoms with Crippen LogP contribution in [0.1, 0.15) is 10.0 Å². The van der Waals surface area contributed by atoms with E-state index in [-0.39, 0.29) is 5.75 Å². The number of aromatic nitrogens is 2. The van der Waals surface area contributed by atoms with E-state index in [0.717, 1.165) is 5.01 Å². The third kappa shape index (κ3) is 2.91. The first-order chi connectivity index (χ1) is 4.97. The van der Waals surface area contributed by atoms with E-state index >= 15 is 0 Å². The Hall–Kier alpha value is -0.530. The van der Waals surface area contributed by atoms with Crippen LogP contribution in [0.15, 0.2) is 0 Å². The fourth-order valence-corrected chi connectivity index (χ4v) is 2.20. The second kappa shape index (κ2) is 2.84. The van der Waals surface area contributed by atoms with Crippen molar-refractivity contribution in [3.05, 3.63) is 10.0 Å². The molecule has 0 aliphatic rings. The predicted molar refractivity (Wildman–Crippen MR) is 41.5 cm³/mol. The van der Waals surface area contributed by atoms with Crippen LogP contribution in [0.5, 0.6) is 0 Å². The van der Waals surface area contributed by atoms with Crippen molar-refractivity contribution in [3.63, 3.8) is 0 Å². The molecular weight excluding hydrogens is 186 g/mol. The lowest BCUT2D eigenvalue weighted by Crippen LogP contribution is -2.14. The molecule has 1 aromatic heterocycles. The molecule has 0 unspecified atom stereocenters. The van der Waals surface area contributed by atoms with Crippen LogP contribution in [-0.2, 0) is 15.8 Å². The van der Waals surface area contributed by atoms with Crippen LogP contribution in [-0.4, -0.2) is 18.6 Å². The molecule has 0 radical (unpaired) electrons. The molecule has 0 saturated heterocycles. The van der Waals surface area contributed by atoms with Crippen LogP contribution in [0.2, 0.25) is 0 Å². The smallest absolute Gasteiger partial charge is 0.215 e. The lowest BCUT2D eigenvalue weighted by atomic mass is 10.8. The van der Waals surface area contributed by atoms with E-state index in [2.05, 4.69) is 10.2 Å². The minimum atomic E-state index is -3.46. The van der Waals surface area contributed by atoms with Gasteiger partial charge in [0, 0.05) is 0 Å². The molecule has 1 rings (SSSR count). The molecule has 1 heterocycles. The standard InChI is InChI=1S/C4H7N3O2S2/c1-3-6-7-4(10-3)2-11(5,8)9/h2H2,1H3,(H2,5,8,9). The highest BCUT2D eigenvalue weighted by molar-refractivity contribution is 7.88. The number of rotatable bonds is 2. The second-order valence-electron chi connectivity index (χ2n) is 2.02. The summed E-state index contributed by atoms with van der Waals surface area (Å²) in [4.78, 5) is 0. The van der Waals surface area contributed by atoms with Gasteiger partial charge in [-0.25, -0.2) is 13.6 Å². The van der Waals surface area contributed by atoms with Gasteiger partial charge in [0.05, 0.1) is 0 Å². The SMILES string of the molecule is Cc1nnc(CS(N)(=O)=O)s1. The second-order valence-corrected chi connectivity index (χ2v) is 4.90. The van der Waals surface area contributed by atoms with Crippen LogP contribution < -0.4 is 5.14 Å². The first-order valence-corrected chi connectivity index (χ1v) is 5.30. The number of nitrogens with two attached hydrogens (primary N) is 1.